The smallest absolute Gasteiger partial charge is 0.259 e. The van der Waals surface area contributed by atoms with E-state index in [2.05, 4.69) is 31.5 Å². The fourth-order valence-electron chi connectivity index (χ4n) is 1.70. The first-order valence-corrected chi connectivity index (χ1v) is 6.97. The highest BCUT2D eigenvalue weighted by Crippen LogP contribution is 2.24. The van der Waals surface area contributed by atoms with Crippen molar-refractivity contribution in [3.8, 4) is 0 Å². The van der Waals surface area contributed by atoms with Gasteiger partial charge in [-0.15, -0.1) is 0 Å². The Kier molecular flexibility index (Phi) is 4.85. The van der Waals surface area contributed by atoms with E-state index in [9.17, 15) is 13.6 Å². The molecule has 1 aromatic heterocycles. The molecule has 1 amide bonds. The number of pyridine rings is 1. The number of carbonyl (C=O) groups excluding carboxylic acids is 1. The van der Waals surface area contributed by atoms with E-state index in [0.29, 0.717) is 18.4 Å². The lowest BCUT2D eigenvalue weighted by atomic mass is 10.2. The minimum Gasteiger partial charge on any atom is -0.370 e. The van der Waals surface area contributed by atoms with Crippen molar-refractivity contribution in [1.82, 2.24) is 4.98 Å². The Bertz CT molecular complexity index is 679. The normalized spacial score (nSPS) is 10.3. The number of aromatic nitrogens is 1. The molecule has 0 aliphatic carbocycles. The van der Waals surface area contributed by atoms with Crippen molar-refractivity contribution in [1.29, 1.82) is 0 Å². The molecule has 2 N–H and O–H groups in total. The summed E-state index contributed by atoms with van der Waals surface area (Å²) in [6.07, 6.45) is 1.55. The van der Waals surface area contributed by atoms with Crippen LogP contribution in [0.3, 0.4) is 0 Å². The molecule has 0 radical (unpaired) electrons. The maximum absolute atomic E-state index is 13.6. The van der Waals surface area contributed by atoms with Gasteiger partial charge in [0.2, 0.25) is 0 Å². The van der Waals surface area contributed by atoms with E-state index in [1.807, 2.05) is 6.92 Å². The van der Waals surface area contributed by atoms with E-state index < -0.39 is 17.5 Å². The summed E-state index contributed by atoms with van der Waals surface area (Å²) in [5.41, 5.74) is 0.166. The van der Waals surface area contributed by atoms with Gasteiger partial charge in [-0.2, -0.15) is 0 Å². The maximum Gasteiger partial charge on any atom is 0.259 e. The summed E-state index contributed by atoms with van der Waals surface area (Å²) in [5.74, 6) is -1.71. The number of hydrogen-bond acceptors (Lipinski definition) is 3. The maximum atomic E-state index is 13.6. The predicted octanol–water partition coefficient (Wildman–Crippen LogP) is 3.81. The average molecular weight is 356 g/mol. The number of rotatable bonds is 4. The zero-order valence-electron chi connectivity index (χ0n) is 11.1. The van der Waals surface area contributed by atoms with Crippen molar-refractivity contribution in [2.75, 3.05) is 17.2 Å². The van der Waals surface area contributed by atoms with Crippen LogP contribution in [0.5, 0.6) is 0 Å². The summed E-state index contributed by atoms with van der Waals surface area (Å²) in [5, 5.41) is 5.35. The van der Waals surface area contributed by atoms with Gasteiger partial charge in [-0.3, -0.25) is 4.79 Å². The van der Waals surface area contributed by atoms with Gasteiger partial charge in [0.1, 0.15) is 17.5 Å². The molecule has 0 bridgehead atoms. The van der Waals surface area contributed by atoms with Crippen molar-refractivity contribution < 1.29 is 13.6 Å². The Balaban J connectivity index is 2.28. The topological polar surface area (TPSA) is 54.0 Å². The van der Waals surface area contributed by atoms with Gasteiger partial charge in [-0.1, -0.05) is 0 Å². The third kappa shape index (κ3) is 3.55. The first-order valence-electron chi connectivity index (χ1n) is 6.17. The van der Waals surface area contributed by atoms with Crippen molar-refractivity contribution in [3.63, 3.8) is 0 Å². The minimum absolute atomic E-state index is 0.0669. The van der Waals surface area contributed by atoms with Gasteiger partial charge in [0, 0.05) is 18.8 Å². The SMILES string of the molecule is CCNc1ncccc1C(=O)Nc1cc(Br)c(F)cc1F. The summed E-state index contributed by atoms with van der Waals surface area (Å²) >= 11 is 2.95. The van der Waals surface area contributed by atoms with E-state index in [4.69, 9.17) is 0 Å². The lowest BCUT2D eigenvalue weighted by molar-refractivity contribution is 0.102. The fraction of sp³-hybridized carbons (Fsp3) is 0.143. The molecule has 4 nitrogen and oxygen atoms in total. The summed E-state index contributed by atoms with van der Waals surface area (Å²) in [7, 11) is 0. The van der Waals surface area contributed by atoms with Crippen LogP contribution < -0.4 is 10.6 Å². The van der Waals surface area contributed by atoms with Crippen LogP contribution in [0.25, 0.3) is 0 Å². The number of halogens is 3. The highest BCUT2D eigenvalue weighted by atomic mass is 79.9. The molecule has 21 heavy (non-hydrogen) atoms. The zero-order chi connectivity index (χ0) is 15.4. The highest BCUT2D eigenvalue weighted by Gasteiger charge is 2.15. The van der Waals surface area contributed by atoms with E-state index in [1.165, 1.54) is 6.07 Å². The van der Waals surface area contributed by atoms with E-state index in [1.54, 1.807) is 18.3 Å². The Morgan fingerprint density at radius 1 is 1.33 bits per heavy atom. The molecule has 0 fully saturated rings. The van der Waals surface area contributed by atoms with Gasteiger partial charge in [0.25, 0.3) is 5.91 Å². The molecule has 1 heterocycles. The minimum atomic E-state index is -0.849. The molecule has 2 rings (SSSR count). The van der Waals surface area contributed by atoms with Crippen LogP contribution in [-0.2, 0) is 0 Å². The van der Waals surface area contributed by atoms with Crippen molar-refractivity contribution in [3.05, 3.63) is 52.1 Å². The van der Waals surface area contributed by atoms with Gasteiger partial charge in [-0.25, -0.2) is 13.8 Å². The van der Waals surface area contributed by atoms with E-state index in [-0.39, 0.29) is 15.7 Å². The molecule has 0 unspecified atom stereocenters. The van der Waals surface area contributed by atoms with Crippen molar-refractivity contribution in [2.24, 2.45) is 0 Å². The molecule has 0 atom stereocenters. The Morgan fingerprint density at radius 3 is 2.81 bits per heavy atom. The molecule has 0 saturated heterocycles. The van der Waals surface area contributed by atoms with Crippen molar-refractivity contribution in [2.45, 2.75) is 6.92 Å². The molecular formula is C14H12BrF2N3O. The van der Waals surface area contributed by atoms with Crippen LogP contribution in [0.4, 0.5) is 20.3 Å². The fourth-order valence-corrected chi connectivity index (χ4v) is 2.05. The molecule has 0 saturated carbocycles. The van der Waals surface area contributed by atoms with Crippen LogP contribution in [0.2, 0.25) is 0 Å². The first-order chi connectivity index (χ1) is 10.0. The molecule has 7 heteroatoms. The summed E-state index contributed by atoms with van der Waals surface area (Å²) in [4.78, 5) is 16.2. The van der Waals surface area contributed by atoms with Gasteiger partial charge < -0.3 is 10.6 Å². The number of nitrogens with one attached hydrogen (secondary N) is 2. The number of benzene rings is 1. The standard InChI is InChI=1S/C14H12BrF2N3O/c1-2-18-13-8(4-3-5-19-13)14(21)20-12-6-9(15)10(16)7-11(12)17/h3-7H,2H2,1H3,(H,18,19)(H,20,21). The summed E-state index contributed by atoms with van der Waals surface area (Å²) < 4.78 is 26.9. The zero-order valence-corrected chi connectivity index (χ0v) is 12.7. The second kappa shape index (κ2) is 6.62. The van der Waals surface area contributed by atoms with Crippen molar-refractivity contribution >= 4 is 33.3 Å². The number of hydrogen-bond donors (Lipinski definition) is 2. The number of anilines is 2. The second-order valence-electron chi connectivity index (χ2n) is 4.13. The lowest BCUT2D eigenvalue weighted by Gasteiger charge is -2.11. The lowest BCUT2D eigenvalue weighted by Crippen LogP contribution is -2.16. The van der Waals surface area contributed by atoms with Gasteiger partial charge in [0.15, 0.2) is 0 Å². The molecule has 2 aromatic rings. The largest absolute Gasteiger partial charge is 0.370 e. The third-order valence-corrected chi connectivity index (χ3v) is 3.26. The van der Waals surface area contributed by atoms with E-state index in [0.717, 1.165) is 0 Å². The third-order valence-electron chi connectivity index (χ3n) is 2.65. The molecule has 0 spiro atoms. The van der Waals surface area contributed by atoms with Crippen LogP contribution in [0.15, 0.2) is 34.9 Å². The van der Waals surface area contributed by atoms with Gasteiger partial charge in [0.05, 0.1) is 15.7 Å². The Labute approximate surface area is 128 Å². The van der Waals surface area contributed by atoms with E-state index >= 15 is 0 Å². The van der Waals surface area contributed by atoms with Crippen LogP contribution in [-0.4, -0.2) is 17.4 Å². The van der Waals surface area contributed by atoms with Gasteiger partial charge >= 0.3 is 0 Å². The Morgan fingerprint density at radius 2 is 2.10 bits per heavy atom. The monoisotopic (exact) mass is 355 g/mol. The van der Waals surface area contributed by atoms with Crippen LogP contribution in [0, 0.1) is 11.6 Å². The molecule has 1 aromatic carbocycles. The summed E-state index contributed by atoms with van der Waals surface area (Å²) in [6, 6.07) is 5.05. The summed E-state index contributed by atoms with van der Waals surface area (Å²) in [6.45, 7) is 2.46. The van der Waals surface area contributed by atoms with Crippen LogP contribution >= 0.6 is 15.9 Å². The number of carbonyl (C=O) groups is 1. The molecule has 0 aliphatic rings. The predicted molar refractivity (Wildman–Crippen MR) is 80.4 cm³/mol. The highest BCUT2D eigenvalue weighted by molar-refractivity contribution is 9.10. The molecule has 110 valence electrons. The Hall–Kier alpha value is -2.02. The van der Waals surface area contributed by atoms with Gasteiger partial charge in [-0.05, 0) is 41.1 Å². The average Bonchev–Trinajstić information content (AvgIpc) is 2.45. The number of nitrogens with zero attached hydrogens (tertiary/aromatic N) is 1. The second-order valence-corrected chi connectivity index (χ2v) is 4.98. The quantitative estimate of drug-likeness (QED) is 0.820. The van der Waals surface area contributed by atoms with Crippen LogP contribution in [0.1, 0.15) is 17.3 Å². The number of amides is 1. The molecular weight excluding hydrogens is 344 g/mol. The first kappa shape index (κ1) is 15.4. The molecule has 0 aliphatic heterocycles.